The minimum Gasteiger partial charge on any atom is -0.380 e. The third-order valence-electron chi connectivity index (χ3n) is 5.18. The van der Waals surface area contributed by atoms with Crippen molar-refractivity contribution in [1.82, 2.24) is 25.6 Å². The second-order valence-corrected chi connectivity index (χ2v) is 7.93. The van der Waals surface area contributed by atoms with E-state index in [1.807, 2.05) is 0 Å². The van der Waals surface area contributed by atoms with Gasteiger partial charge in [-0.1, -0.05) is 11.6 Å². The number of carbonyl (C=O) groups is 1. The number of rotatable bonds is 4. The number of aryl methyl sites for hydroxylation is 1. The van der Waals surface area contributed by atoms with Crippen LogP contribution < -0.4 is 10.7 Å². The number of amides is 1. The number of aromatic amines is 1. The monoisotopic (exact) mass is 452 g/mol. The fourth-order valence-electron chi connectivity index (χ4n) is 3.66. The third kappa shape index (κ3) is 4.75. The molecule has 1 aromatic carbocycles. The first-order valence-corrected chi connectivity index (χ1v) is 10.1. The standard InChI is InChI=1S/C20H20ClF3N6O/c1-11-15(9-25-28-11)19(31)29-30-6-2-3-13(10-30)26-17-8-18(20(22,23)24)27-16-5-4-12(21)7-14(16)17/h4-5,7-9,13H,2-3,6,10H2,1H3,(H,25,28)(H,26,27)(H,29,31)/t13-/m0/s1. The molecule has 1 aliphatic rings. The molecule has 1 amide bonds. The van der Waals surface area contributed by atoms with Gasteiger partial charge in [0, 0.05) is 40.9 Å². The highest BCUT2D eigenvalue weighted by Crippen LogP contribution is 2.34. The van der Waals surface area contributed by atoms with Crippen LogP contribution in [-0.2, 0) is 6.18 Å². The second kappa shape index (κ2) is 8.35. The first-order valence-electron chi connectivity index (χ1n) is 9.70. The molecule has 31 heavy (non-hydrogen) atoms. The van der Waals surface area contributed by atoms with E-state index in [0.29, 0.717) is 40.4 Å². The van der Waals surface area contributed by atoms with Gasteiger partial charge in [-0.3, -0.25) is 15.3 Å². The van der Waals surface area contributed by atoms with Gasteiger partial charge in [-0.15, -0.1) is 0 Å². The molecule has 3 heterocycles. The fraction of sp³-hybridized carbons (Fsp3) is 0.350. The van der Waals surface area contributed by atoms with Gasteiger partial charge in [0.25, 0.3) is 5.91 Å². The van der Waals surface area contributed by atoms with E-state index in [0.717, 1.165) is 18.9 Å². The second-order valence-electron chi connectivity index (χ2n) is 7.49. The van der Waals surface area contributed by atoms with Crippen LogP contribution >= 0.6 is 11.6 Å². The Kier molecular flexibility index (Phi) is 5.76. The average molecular weight is 453 g/mol. The number of halogens is 4. The fourth-order valence-corrected chi connectivity index (χ4v) is 3.83. The van der Waals surface area contributed by atoms with Gasteiger partial charge < -0.3 is 5.32 Å². The summed E-state index contributed by atoms with van der Waals surface area (Å²) in [7, 11) is 0. The molecule has 0 radical (unpaired) electrons. The van der Waals surface area contributed by atoms with Gasteiger partial charge in [0.05, 0.1) is 17.3 Å². The molecule has 164 valence electrons. The molecule has 3 aromatic rings. The predicted octanol–water partition coefficient (Wildman–Crippen LogP) is 4.16. The molecule has 7 nitrogen and oxygen atoms in total. The van der Waals surface area contributed by atoms with Crippen LogP contribution in [0.15, 0.2) is 30.5 Å². The summed E-state index contributed by atoms with van der Waals surface area (Å²) < 4.78 is 40.0. The Morgan fingerprint density at radius 3 is 2.84 bits per heavy atom. The minimum absolute atomic E-state index is 0.176. The lowest BCUT2D eigenvalue weighted by Crippen LogP contribution is -2.51. The molecule has 4 rings (SSSR count). The molecule has 2 aromatic heterocycles. The Hall–Kier alpha value is -2.85. The summed E-state index contributed by atoms with van der Waals surface area (Å²) in [4.78, 5) is 16.2. The Labute approximate surface area is 180 Å². The van der Waals surface area contributed by atoms with E-state index >= 15 is 0 Å². The molecule has 0 unspecified atom stereocenters. The summed E-state index contributed by atoms with van der Waals surface area (Å²) in [5, 5.41) is 12.4. The Balaban J connectivity index is 1.55. The Morgan fingerprint density at radius 1 is 1.32 bits per heavy atom. The number of pyridine rings is 1. The molecule has 1 saturated heterocycles. The maximum Gasteiger partial charge on any atom is 0.433 e. The number of hydrazine groups is 1. The van der Waals surface area contributed by atoms with E-state index in [9.17, 15) is 18.0 Å². The summed E-state index contributed by atoms with van der Waals surface area (Å²) in [6.45, 7) is 2.81. The number of benzene rings is 1. The number of hydrogen-bond donors (Lipinski definition) is 3. The Morgan fingerprint density at radius 2 is 2.13 bits per heavy atom. The highest BCUT2D eigenvalue weighted by molar-refractivity contribution is 6.31. The number of piperidine rings is 1. The number of H-pyrrole nitrogens is 1. The van der Waals surface area contributed by atoms with Crippen LogP contribution in [0.5, 0.6) is 0 Å². The van der Waals surface area contributed by atoms with Crippen molar-refractivity contribution >= 4 is 34.1 Å². The van der Waals surface area contributed by atoms with Crippen LogP contribution in [0.1, 0.15) is 34.6 Å². The first kappa shape index (κ1) is 21.4. The smallest absolute Gasteiger partial charge is 0.380 e. The lowest BCUT2D eigenvalue weighted by molar-refractivity contribution is -0.140. The van der Waals surface area contributed by atoms with E-state index < -0.39 is 11.9 Å². The van der Waals surface area contributed by atoms with E-state index in [2.05, 4.69) is 25.9 Å². The lowest BCUT2D eigenvalue weighted by Gasteiger charge is -2.34. The van der Waals surface area contributed by atoms with Gasteiger partial charge in [0.2, 0.25) is 0 Å². The Bertz CT molecular complexity index is 1120. The number of hydrogen-bond acceptors (Lipinski definition) is 5. The molecule has 0 saturated carbocycles. The molecule has 1 fully saturated rings. The maximum absolute atomic E-state index is 13.3. The van der Waals surface area contributed by atoms with E-state index in [1.54, 1.807) is 18.0 Å². The van der Waals surface area contributed by atoms with Crippen molar-refractivity contribution in [3.63, 3.8) is 0 Å². The van der Waals surface area contributed by atoms with Crippen LogP contribution in [0, 0.1) is 6.92 Å². The van der Waals surface area contributed by atoms with Crippen molar-refractivity contribution in [3.05, 3.63) is 52.4 Å². The molecular formula is C20H20ClF3N6O. The molecular weight excluding hydrogens is 433 g/mol. The molecule has 0 spiro atoms. The van der Waals surface area contributed by atoms with E-state index in [1.165, 1.54) is 18.3 Å². The summed E-state index contributed by atoms with van der Waals surface area (Å²) in [6.07, 6.45) is -1.61. The minimum atomic E-state index is -4.57. The zero-order chi connectivity index (χ0) is 22.2. The number of aromatic nitrogens is 3. The van der Waals surface area contributed by atoms with Crippen LogP contribution in [0.2, 0.25) is 5.02 Å². The van der Waals surface area contributed by atoms with Crippen LogP contribution in [0.25, 0.3) is 10.9 Å². The van der Waals surface area contributed by atoms with E-state index in [4.69, 9.17) is 11.6 Å². The molecule has 11 heteroatoms. The number of carbonyl (C=O) groups excluding carboxylic acids is 1. The number of fused-ring (bicyclic) bond motifs is 1. The topological polar surface area (TPSA) is 85.9 Å². The van der Waals surface area contributed by atoms with Crippen LogP contribution in [0.4, 0.5) is 18.9 Å². The highest BCUT2D eigenvalue weighted by atomic mass is 35.5. The molecule has 0 bridgehead atoms. The number of nitrogens with one attached hydrogen (secondary N) is 3. The zero-order valence-electron chi connectivity index (χ0n) is 16.6. The summed E-state index contributed by atoms with van der Waals surface area (Å²) >= 11 is 6.06. The van der Waals surface area contributed by atoms with Crippen molar-refractivity contribution in [1.29, 1.82) is 0 Å². The summed E-state index contributed by atoms with van der Waals surface area (Å²) in [5.74, 6) is -0.285. The molecule has 1 aliphatic heterocycles. The quantitative estimate of drug-likeness (QED) is 0.553. The van der Waals surface area contributed by atoms with Crippen molar-refractivity contribution in [2.45, 2.75) is 32.0 Å². The molecule has 3 N–H and O–H groups in total. The van der Waals surface area contributed by atoms with E-state index in [-0.39, 0.29) is 17.5 Å². The summed E-state index contributed by atoms with van der Waals surface area (Å²) in [6, 6.07) is 5.40. The van der Waals surface area contributed by atoms with Crippen LogP contribution in [-0.4, -0.2) is 45.2 Å². The van der Waals surface area contributed by atoms with Crippen molar-refractivity contribution < 1.29 is 18.0 Å². The highest BCUT2D eigenvalue weighted by Gasteiger charge is 2.34. The number of nitrogens with zero attached hydrogens (tertiary/aromatic N) is 3. The van der Waals surface area contributed by atoms with Gasteiger partial charge in [0.15, 0.2) is 0 Å². The largest absolute Gasteiger partial charge is 0.433 e. The lowest BCUT2D eigenvalue weighted by atomic mass is 10.1. The molecule has 1 atom stereocenters. The normalized spacial score (nSPS) is 17.6. The van der Waals surface area contributed by atoms with Crippen molar-refractivity contribution in [2.75, 3.05) is 18.4 Å². The van der Waals surface area contributed by atoms with Crippen molar-refractivity contribution in [2.24, 2.45) is 0 Å². The average Bonchev–Trinajstić information content (AvgIpc) is 3.14. The molecule has 0 aliphatic carbocycles. The number of alkyl halides is 3. The summed E-state index contributed by atoms with van der Waals surface area (Å²) in [5.41, 5.74) is 3.49. The first-order chi connectivity index (χ1) is 14.7. The van der Waals surface area contributed by atoms with Gasteiger partial charge in [0.1, 0.15) is 5.69 Å². The van der Waals surface area contributed by atoms with Crippen molar-refractivity contribution in [3.8, 4) is 0 Å². The maximum atomic E-state index is 13.3. The number of anilines is 1. The third-order valence-corrected chi connectivity index (χ3v) is 5.41. The van der Waals surface area contributed by atoms with Gasteiger partial charge in [-0.05, 0) is 44.0 Å². The van der Waals surface area contributed by atoms with Gasteiger partial charge in [-0.2, -0.15) is 18.3 Å². The van der Waals surface area contributed by atoms with Gasteiger partial charge >= 0.3 is 6.18 Å². The zero-order valence-corrected chi connectivity index (χ0v) is 17.3. The SMILES string of the molecule is Cc1[nH]ncc1C(=O)NN1CCC[C@H](Nc2cc(C(F)(F)F)nc3ccc(Cl)cc23)C1. The predicted molar refractivity (Wildman–Crippen MR) is 111 cm³/mol. The van der Waals surface area contributed by atoms with Gasteiger partial charge in [-0.25, -0.2) is 9.99 Å². The van der Waals surface area contributed by atoms with Crippen LogP contribution in [0.3, 0.4) is 0 Å².